The van der Waals surface area contributed by atoms with Crippen molar-refractivity contribution in [3.05, 3.63) is 189 Å². The molecule has 5 amide bonds. The number of carbonyl (C=O) groups is 12. The second-order valence-electron chi connectivity index (χ2n) is 34.9. The molecule has 0 unspecified atom stereocenters. The fourth-order valence-electron chi connectivity index (χ4n) is 16.7. The van der Waals surface area contributed by atoms with Gasteiger partial charge >= 0.3 is 55.5 Å². The molecule has 4 aromatic rings. The van der Waals surface area contributed by atoms with Gasteiger partial charge in [0.15, 0.2) is 95.1 Å². The van der Waals surface area contributed by atoms with Crippen molar-refractivity contribution in [3.63, 3.8) is 0 Å². The molecule has 24 atom stereocenters. The smallest absolute Gasteiger partial charge is 0.454 e. The van der Waals surface area contributed by atoms with Crippen molar-refractivity contribution in [2.24, 2.45) is 0 Å². The number of ether oxygens (including phenoxy) is 10. The number of aliphatic hydroxyl groups is 1. The first-order valence-corrected chi connectivity index (χ1v) is 52.2. The molecule has 1 N–H and O–H groups in total. The van der Waals surface area contributed by atoms with Gasteiger partial charge in [0.05, 0.1) is 110 Å². The van der Waals surface area contributed by atoms with Gasteiger partial charge in [0, 0.05) is 91.8 Å². The molecule has 4 aromatic carbocycles. The molecule has 0 saturated carbocycles. The summed E-state index contributed by atoms with van der Waals surface area (Å²) in [5, 5.41) is 11.0. The zero-order valence-corrected chi connectivity index (χ0v) is 85.4. The van der Waals surface area contributed by atoms with Crippen LogP contribution in [0.15, 0.2) is 146 Å². The predicted octanol–water partition coefficient (Wildman–Crippen LogP) is 13.5. The summed E-state index contributed by atoms with van der Waals surface area (Å²) in [6.07, 6.45) is -14.2. The number of carbonyl (C=O) groups excluding carboxylic acids is 12. The summed E-state index contributed by atoms with van der Waals surface area (Å²) in [6.45, 7) is 0.687. The highest BCUT2D eigenvalue weighted by molar-refractivity contribution is 7.49. The summed E-state index contributed by atoms with van der Waals surface area (Å²) >= 11 is 24.2. The molecule has 0 bridgehead atoms. The SMILES string of the molecule is CN(C)C(=O)O[C@@H]1[C@@H](CO[P@@]2(=O)OCC[C@@H](c3cccc(Cl)c3)O2)O[C@@H](N2C=CC(=O)CC2=O)[C@]1(C)F.COC(=O)O[C@@H]1[C@@H](CO[P@@]2(=O)OCC[C@@H](c3cccc(Cl)c3)O2)O[C@@H](N2C=CC(=O)CC2=O)[C@]1(C)F.COCC(=O)O[C@@H]1[C@@H](CO[P@@]2(=O)OCC[C@@H](c3cccc(Cl)c3)O2)O[C@@H](N2C=CC(=O)CC2=O)[C@]1(C)F.C[C@@]1(F)[C@H](OC(=O)CO)[C@@H](CO[P@@]2(=O)OCC[C@@H](c3cccc(Cl)c3)O2)O[C@H]1N1C=CC(=O)CC1=O. The Hall–Kier alpha value is -9.04. The number of amides is 5. The number of esters is 2. The van der Waals surface area contributed by atoms with E-state index >= 15 is 17.6 Å². The molecule has 0 aromatic heterocycles. The Labute approximate surface area is 851 Å². The first kappa shape index (κ1) is 114. The number of phosphoric acid groups is 4. The lowest BCUT2D eigenvalue weighted by atomic mass is 9.97. The van der Waals surface area contributed by atoms with E-state index in [1.165, 1.54) is 21.2 Å². The number of phosphoric ester groups is 4. The first-order chi connectivity index (χ1) is 69.0. The summed E-state index contributed by atoms with van der Waals surface area (Å²) in [5.74, 6) is -6.63. The largest absolute Gasteiger partial charge is 0.508 e. The van der Waals surface area contributed by atoms with Gasteiger partial charge in [0.1, 0.15) is 37.6 Å². The number of halogens is 8. The predicted molar refractivity (Wildman–Crippen MR) is 493 cm³/mol. The van der Waals surface area contributed by atoms with Crippen molar-refractivity contribution in [3.8, 4) is 0 Å². The van der Waals surface area contributed by atoms with Crippen molar-refractivity contribution >= 4 is 149 Å². The van der Waals surface area contributed by atoms with Crippen LogP contribution in [0, 0.1) is 0 Å². The van der Waals surface area contributed by atoms with Crippen LogP contribution in [0.5, 0.6) is 0 Å². The lowest BCUT2D eigenvalue weighted by Gasteiger charge is -2.34. The maximum atomic E-state index is 16.1. The van der Waals surface area contributed by atoms with Crippen LogP contribution >= 0.6 is 77.7 Å². The molecule has 0 spiro atoms. The van der Waals surface area contributed by atoms with E-state index in [1.54, 1.807) is 97.1 Å². The molecule has 44 nitrogen and oxygen atoms in total. The maximum Gasteiger partial charge on any atom is 0.508 e. The van der Waals surface area contributed by atoms with E-state index in [0.717, 1.165) is 108 Å². The highest BCUT2D eigenvalue weighted by atomic mass is 35.5. The van der Waals surface area contributed by atoms with Crippen molar-refractivity contribution in [1.82, 2.24) is 24.5 Å². The van der Waals surface area contributed by atoms with Crippen LogP contribution in [0.25, 0.3) is 0 Å². The highest BCUT2D eigenvalue weighted by Crippen LogP contribution is 2.62. The third-order valence-corrected chi connectivity index (χ3v) is 30.6. The van der Waals surface area contributed by atoms with Crippen LogP contribution in [-0.4, -0.2) is 291 Å². The Bertz CT molecular complexity index is 5720. The Morgan fingerprint density at radius 1 is 0.404 bits per heavy atom. The fourth-order valence-corrected chi connectivity index (χ4v) is 23.1. The average molecular weight is 2220 g/mol. The molecule has 8 fully saturated rings. The van der Waals surface area contributed by atoms with E-state index in [2.05, 4.69) is 4.74 Å². The molecule has 12 heterocycles. The minimum Gasteiger partial charge on any atom is -0.454 e. The average Bonchev–Trinajstić information content (AvgIpc) is 1.61. The molecule has 56 heteroatoms. The zero-order valence-electron chi connectivity index (χ0n) is 78.8. The summed E-state index contributed by atoms with van der Waals surface area (Å²) in [4.78, 5) is 149. The highest BCUT2D eigenvalue weighted by Gasteiger charge is 2.66. The molecule has 0 radical (unpaired) electrons. The van der Waals surface area contributed by atoms with Gasteiger partial charge in [-0.3, -0.25) is 112 Å². The molecule has 12 aliphatic rings. The number of methoxy groups -OCH3 is 2. The summed E-state index contributed by atoms with van der Waals surface area (Å²) in [7, 11) is -11.4. The Morgan fingerprint density at radius 3 is 0.890 bits per heavy atom. The monoisotopic (exact) mass is 2220 g/mol. The molecule has 12 aliphatic heterocycles. The number of rotatable bonds is 27. The van der Waals surface area contributed by atoms with Gasteiger partial charge in [-0.1, -0.05) is 94.9 Å². The maximum absolute atomic E-state index is 16.1. The van der Waals surface area contributed by atoms with Gasteiger partial charge in [-0.2, -0.15) is 0 Å². The number of allylic oxidation sites excluding steroid dienone is 4. The van der Waals surface area contributed by atoms with Crippen molar-refractivity contribution in [2.75, 3.05) is 94.4 Å². The van der Waals surface area contributed by atoms with Crippen LogP contribution in [0.4, 0.5) is 27.2 Å². The molecule has 146 heavy (non-hydrogen) atoms. The van der Waals surface area contributed by atoms with Crippen molar-refractivity contribution in [1.29, 1.82) is 0 Å². The lowest BCUT2D eigenvalue weighted by molar-refractivity contribution is -0.163. The zero-order chi connectivity index (χ0) is 106. The van der Waals surface area contributed by atoms with Crippen LogP contribution in [0.3, 0.4) is 0 Å². The number of alkyl halides is 4. The number of benzene rings is 4. The standard InChI is InChI=1S/C23H27ClFN2O9P.C23H26ClFNO10P.2C22H24ClFNO10P/c1-23(25)20(35-22(30)26(2)3)18(34-21(23)27-9-7-16(28)12-19(27)29)13-33-37(31)32-10-8-17(36-37)14-5-4-6-15(24)11-14;1-23(25)21(35-20(29)13-31-2)18(34-22(23)26-8-6-16(27)11-19(26)28)12-33-37(30)32-9-7-17(36-37)14-4-3-5-15(24)10-14;1-22(24)19(34-21(28)30-2)17(33-20(22)25-8-6-15(26)11-18(25)27)12-32-36(29)31-9-7-16(35-36)13-4-3-5-14(23)10-13;1-22(24)20(34-19(29)11-26)17(33-21(22)25-7-5-15(27)10-18(25)28)12-32-36(30)31-8-6-16(35-36)13-3-2-4-14(23)9-13/h4-7,9,11,17-18,20-21H,8,10,12-13H2,1-3H3;3-6,8,10,17-18,21-22H,7,9,11-13H2,1-2H3;3-6,8,10,16-17,19-20H,7,9,11-12H2,1-2H3;2-5,7,9,16-17,20-21,26H,6,8,10-12H2,1H3/t17-,18+,20+,21+,23+,37+;17-,18+,21+,22+,23+,37+;16-,17+,19+,20+,22+,36+;16-,17+,20+,21+,22+,36+/m0000/s1. The number of nitrogens with zero attached hydrogens (tertiary/aromatic N) is 5. The van der Waals surface area contributed by atoms with Crippen LogP contribution in [0.2, 0.25) is 20.1 Å². The van der Waals surface area contributed by atoms with Crippen LogP contribution in [0.1, 0.15) is 126 Å². The van der Waals surface area contributed by atoms with Gasteiger partial charge in [0.25, 0.3) is 0 Å². The molecule has 796 valence electrons. The minimum absolute atomic E-state index is 0.0352. The first-order valence-electron chi connectivity index (χ1n) is 44.9. The number of hydrogen-bond donors (Lipinski definition) is 1. The van der Waals surface area contributed by atoms with E-state index in [0.29, 0.717) is 68.0 Å². The third kappa shape index (κ3) is 28.0. The van der Waals surface area contributed by atoms with Crippen LogP contribution < -0.4 is 0 Å². The molecular weight excluding hydrogens is 2120 g/mol. The quantitative estimate of drug-likeness (QED) is 0.0190. The Balaban J connectivity index is 0.000000163. The summed E-state index contributed by atoms with van der Waals surface area (Å²) < 4.78 is 235. The second-order valence-corrected chi connectivity index (χ2v) is 43.1. The second kappa shape index (κ2) is 48.5. The minimum atomic E-state index is -4.16. The van der Waals surface area contributed by atoms with Gasteiger partial charge in [-0.15, -0.1) is 0 Å². The van der Waals surface area contributed by atoms with Crippen LogP contribution in [-0.2, 0) is 168 Å². The molecule has 0 aliphatic carbocycles. The number of ketones is 4. The normalized spacial score (nSPS) is 34.4. The Morgan fingerprint density at radius 2 is 0.658 bits per heavy atom. The fraction of sp³-hybridized carbons (Fsp3) is 0.511. The molecule has 8 saturated heterocycles. The van der Waals surface area contributed by atoms with Gasteiger partial charge in [-0.05, 0) is 123 Å². The van der Waals surface area contributed by atoms with Crippen molar-refractivity contribution < 1.29 is 200 Å². The summed E-state index contributed by atoms with van der Waals surface area (Å²) in [6, 6.07) is 27.3. The number of aliphatic hydroxyl groups excluding tert-OH is 1. The van der Waals surface area contributed by atoms with E-state index in [9.17, 15) is 75.8 Å². The summed E-state index contributed by atoms with van der Waals surface area (Å²) in [5.41, 5.74) is -7.15. The Kier molecular flexibility index (Phi) is 37.9. The lowest BCUT2D eigenvalue weighted by Crippen LogP contribution is -2.53. The molecular formula is C90H101Cl4F4N5O39P4. The number of hydrogen-bond acceptors (Lipinski definition) is 39. The van der Waals surface area contributed by atoms with Gasteiger partial charge in [0.2, 0.25) is 23.6 Å². The van der Waals surface area contributed by atoms with Gasteiger partial charge in [-0.25, -0.2) is 55.0 Å². The van der Waals surface area contributed by atoms with E-state index in [4.69, 9.17) is 148 Å². The van der Waals surface area contributed by atoms with E-state index in [1.807, 2.05) is 0 Å². The van der Waals surface area contributed by atoms with E-state index < -0.39 is 288 Å². The van der Waals surface area contributed by atoms with E-state index in [-0.39, 0.29) is 26.4 Å². The van der Waals surface area contributed by atoms with Gasteiger partial charge < -0.3 is 57.4 Å². The topological polar surface area (TPSA) is 513 Å². The van der Waals surface area contributed by atoms with Crippen molar-refractivity contribution in [2.45, 2.75) is 200 Å². The molecule has 16 rings (SSSR count). The third-order valence-electron chi connectivity index (χ3n) is 23.8.